The molecule has 0 unspecified atom stereocenters. The van der Waals surface area contributed by atoms with Crippen LogP contribution < -0.4 is 0 Å². The van der Waals surface area contributed by atoms with Gasteiger partial charge in [-0.1, -0.05) is 0 Å². The number of benzene rings is 1. The predicted molar refractivity (Wildman–Crippen MR) is 49.8 cm³/mol. The zero-order chi connectivity index (χ0) is 11.6. The van der Waals surface area contributed by atoms with Gasteiger partial charge >= 0.3 is 5.97 Å². The lowest BCUT2D eigenvalue weighted by Gasteiger charge is -2.04. The molecule has 15 heavy (non-hydrogen) atoms. The van der Waals surface area contributed by atoms with Crippen LogP contribution in [0.25, 0.3) is 0 Å². The van der Waals surface area contributed by atoms with Crippen LogP contribution in [-0.4, -0.2) is 22.0 Å². The Morgan fingerprint density at radius 2 is 1.87 bits per heavy atom. The van der Waals surface area contributed by atoms with E-state index in [1.165, 1.54) is 6.92 Å². The molecule has 0 spiro atoms. The van der Waals surface area contributed by atoms with Crippen molar-refractivity contribution in [3.05, 3.63) is 28.8 Å². The van der Waals surface area contributed by atoms with E-state index in [9.17, 15) is 14.7 Å². The number of carbonyl (C=O) groups is 2. The number of Topliss-reactive ketones (excluding diaryl/α,β-unsaturated/α-hetero) is 1. The van der Waals surface area contributed by atoms with E-state index in [0.29, 0.717) is 0 Å². The van der Waals surface area contributed by atoms with Crippen molar-refractivity contribution in [2.24, 2.45) is 0 Å². The zero-order valence-corrected chi connectivity index (χ0v) is 7.81. The van der Waals surface area contributed by atoms with Crippen molar-refractivity contribution in [3.63, 3.8) is 0 Å². The molecule has 1 rings (SSSR count). The number of hydrogen-bond donors (Lipinski definition) is 2. The first-order chi connectivity index (χ1) is 6.97. The Labute approximate surface area is 85.2 Å². The summed E-state index contributed by atoms with van der Waals surface area (Å²) in [6.07, 6.45) is 0. The fourth-order valence-electron chi connectivity index (χ4n) is 1.13. The van der Waals surface area contributed by atoms with Crippen molar-refractivity contribution in [2.75, 3.05) is 0 Å². The highest BCUT2D eigenvalue weighted by atomic mass is 16.4. The lowest BCUT2D eigenvalue weighted by atomic mass is 10.0. The van der Waals surface area contributed by atoms with Gasteiger partial charge in [-0.05, 0) is 19.1 Å². The summed E-state index contributed by atoms with van der Waals surface area (Å²) >= 11 is 0. The Hall–Kier alpha value is -2.35. The summed E-state index contributed by atoms with van der Waals surface area (Å²) in [5, 5.41) is 26.8. The van der Waals surface area contributed by atoms with E-state index in [1.54, 1.807) is 6.07 Å². The SMILES string of the molecule is CC(=O)c1cc(C#N)cc(C(=O)O)c1O. The highest BCUT2D eigenvalue weighted by Crippen LogP contribution is 2.24. The average molecular weight is 205 g/mol. The third-order valence-electron chi connectivity index (χ3n) is 1.85. The van der Waals surface area contributed by atoms with E-state index < -0.39 is 23.1 Å². The molecule has 0 aliphatic heterocycles. The van der Waals surface area contributed by atoms with Crippen molar-refractivity contribution in [1.29, 1.82) is 5.26 Å². The topological polar surface area (TPSA) is 98.4 Å². The number of carboxylic acid groups (broad SMARTS) is 1. The second-order valence-corrected chi connectivity index (χ2v) is 2.89. The molecule has 76 valence electrons. The van der Waals surface area contributed by atoms with Gasteiger partial charge in [0, 0.05) is 0 Å². The van der Waals surface area contributed by atoms with E-state index in [2.05, 4.69) is 0 Å². The van der Waals surface area contributed by atoms with E-state index in [1.807, 2.05) is 0 Å². The van der Waals surface area contributed by atoms with Gasteiger partial charge in [-0.15, -0.1) is 0 Å². The van der Waals surface area contributed by atoms with Crippen molar-refractivity contribution in [3.8, 4) is 11.8 Å². The van der Waals surface area contributed by atoms with Gasteiger partial charge in [-0.3, -0.25) is 4.79 Å². The molecular formula is C10H7NO4. The van der Waals surface area contributed by atoms with Crippen LogP contribution in [0.5, 0.6) is 5.75 Å². The molecule has 0 aromatic heterocycles. The molecule has 5 heteroatoms. The Balaban J connectivity index is 3.56. The van der Waals surface area contributed by atoms with Gasteiger partial charge in [0.25, 0.3) is 0 Å². The third-order valence-corrected chi connectivity index (χ3v) is 1.85. The fourth-order valence-corrected chi connectivity index (χ4v) is 1.13. The average Bonchev–Trinajstić information content (AvgIpc) is 2.17. The van der Waals surface area contributed by atoms with Crippen molar-refractivity contribution in [2.45, 2.75) is 6.92 Å². The smallest absolute Gasteiger partial charge is 0.339 e. The minimum atomic E-state index is -1.38. The minimum absolute atomic E-state index is 0.0235. The Morgan fingerprint density at radius 3 is 2.27 bits per heavy atom. The van der Waals surface area contributed by atoms with Gasteiger partial charge in [0.05, 0.1) is 17.2 Å². The van der Waals surface area contributed by atoms with E-state index in [0.717, 1.165) is 12.1 Å². The van der Waals surface area contributed by atoms with Gasteiger partial charge in [0.15, 0.2) is 5.78 Å². The van der Waals surface area contributed by atoms with Gasteiger partial charge < -0.3 is 10.2 Å². The van der Waals surface area contributed by atoms with Crippen LogP contribution in [0.2, 0.25) is 0 Å². The fraction of sp³-hybridized carbons (Fsp3) is 0.100. The van der Waals surface area contributed by atoms with Crippen molar-refractivity contribution in [1.82, 2.24) is 0 Å². The Kier molecular flexibility index (Phi) is 2.72. The van der Waals surface area contributed by atoms with E-state index in [4.69, 9.17) is 10.4 Å². The van der Waals surface area contributed by atoms with Crippen LogP contribution in [-0.2, 0) is 0 Å². The third kappa shape index (κ3) is 1.94. The van der Waals surface area contributed by atoms with E-state index >= 15 is 0 Å². The molecule has 1 aromatic carbocycles. The number of aromatic carboxylic acids is 1. The molecule has 0 amide bonds. The first-order valence-corrected chi connectivity index (χ1v) is 3.98. The van der Waals surface area contributed by atoms with E-state index in [-0.39, 0.29) is 11.1 Å². The second kappa shape index (κ2) is 3.80. The zero-order valence-electron chi connectivity index (χ0n) is 7.81. The van der Waals surface area contributed by atoms with Gasteiger partial charge in [-0.2, -0.15) is 5.26 Å². The van der Waals surface area contributed by atoms with Crippen molar-refractivity contribution < 1.29 is 19.8 Å². The maximum absolute atomic E-state index is 11.0. The molecule has 1 aromatic rings. The summed E-state index contributed by atoms with van der Waals surface area (Å²) in [5.74, 6) is -2.48. The quantitative estimate of drug-likeness (QED) is 0.706. The lowest BCUT2D eigenvalue weighted by molar-refractivity contribution is 0.0693. The van der Waals surface area contributed by atoms with Crippen LogP contribution in [0.3, 0.4) is 0 Å². The monoisotopic (exact) mass is 205 g/mol. The number of rotatable bonds is 2. The standard InChI is InChI=1S/C10H7NO4/c1-5(12)7-2-6(4-11)3-8(9(7)13)10(14)15/h2-3,13H,1H3,(H,14,15). The van der Waals surface area contributed by atoms with Gasteiger partial charge in [-0.25, -0.2) is 4.79 Å². The molecule has 0 bridgehead atoms. The molecule has 0 radical (unpaired) electrons. The molecule has 0 fully saturated rings. The molecule has 5 nitrogen and oxygen atoms in total. The van der Waals surface area contributed by atoms with Crippen LogP contribution in [0.15, 0.2) is 12.1 Å². The number of carbonyl (C=O) groups excluding carboxylic acids is 1. The molecule has 0 aliphatic carbocycles. The molecule has 0 atom stereocenters. The van der Waals surface area contributed by atoms with Crippen molar-refractivity contribution >= 4 is 11.8 Å². The second-order valence-electron chi connectivity index (χ2n) is 2.89. The Bertz CT molecular complexity index is 450. The van der Waals surface area contributed by atoms with Gasteiger partial charge in [0.1, 0.15) is 11.3 Å². The highest BCUT2D eigenvalue weighted by molar-refractivity contribution is 6.02. The molecule has 2 N–H and O–H groups in total. The minimum Gasteiger partial charge on any atom is -0.506 e. The number of aromatic hydroxyl groups is 1. The molecular weight excluding hydrogens is 198 g/mol. The lowest BCUT2D eigenvalue weighted by Crippen LogP contribution is -2.03. The maximum atomic E-state index is 11.0. The number of carboxylic acids is 1. The number of nitriles is 1. The predicted octanol–water partition coefficient (Wildman–Crippen LogP) is 1.16. The largest absolute Gasteiger partial charge is 0.506 e. The van der Waals surface area contributed by atoms with Gasteiger partial charge in [0.2, 0.25) is 0 Å². The Morgan fingerprint density at radius 1 is 1.33 bits per heavy atom. The van der Waals surface area contributed by atoms with Crippen LogP contribution in [0, 0.1) is 11.3 Å². The summed E-state index contributed by atoms with van der Waals surface area (Å²) in [7, 11) is 0. The summed E-state index contributed by atoms with van der Waals surface area (Å²) in [6, 6.07) is 3.89. The van der Waals surface area contributed by atoms with Crippen LogP contribution in [0.4, 0.5) is 0 Å². The summed E-state index contributed by atoms with van der Waals surface area (Å²) in [5.41, 5.74) is -0.582. The number of nitrogens with zero attached hydrogens (tertiary/aromatic N) is 1. The van der Waals surface area contributed by atoms with Crippen LogP contribution in [0.1, 0.15) is 33.2 Å². The molecule has 0 saturated carbocycles. The molecule has 0 aliphatic rings. The number of ketones is 1. The van der Waals surface area contributed by atoms with Crippen LogP contribution >= 0.6 is 0 Å². The highest BCUT2D eigenvalue weighted by Gasteiger charge is 2.17. The molecule has 0 saturated heterocycles. The summed E-state index contributed by atoms with van der Waals surface area (Å²) < 4.78 is 0. The normalized spacial score (nSPS) is 9.33. The first-order valence-electron chi connectivity index (χ1n) is 3.98. The number of phenols is 1. The summed E-state index contributed by atoms with van der Waals surface area (Å²) in [4.78, 5) is 21.7. The maximum Gasteiger partial charge on any atom is 0.339 e. The number of hydrogen-bond acceptors (Lipinski definition) is 4. The summed E-state index contributed by atoms with van der Waals surface area (Å²) in [6.45, 7) is 1.18. The first kappa shape index (κ1) is 10.7. The molecule has 0 heterocycles.